The van der Waals surface area contributed by atoms with Crippen LogP contribution in [0, 0.1) is 5.92 Å². The Morgan fingerprint density at radius 3 is 2.63 bits per heavy atom. The zero-order valence-corrected chi connectivity index (χ0v) is 17.6. The molecule has 0 radical (unpaired) electrons. The molecule has 8 nitrogen and oxygen atoms in total. The Morgan fingerprint density at radius 1 is 1.17 bits per heavy atom. The summed E-state index contributed by atoms with van der Waals surface area (Å²) in [6.45, 7) is 1.95. The van der Waals surface area contributed by atoms with Gasteiger partial charge in [-0.3, -0.25) is 4.79 Å². The first-order chi connectivity index (χ1) is 14.5. The summed E-state index contributed by atoms with van der Waals surface area (Å²) in [5.74, 6) is 1.23. The smallest absolute Gasteiger partial charge is 0.232 e. The van der Waals surface area contributed by atoms with Gasteiger partial charge in [-0.25, -0.2) is 4.68 Å². The third-order valence-corrected chi connectivity index (χ3v) is 5.49. The van der Waals surface area contributed by atoms with Crippen LogP contribution in [0.5, 0.6) is 11.5 Å². The van der Waals surface area contributed by atoms with Crippen molar-refractivity contribution in [3.63, 3.8) is 0 Å². The first-order valence-electron chi connectivity index (χ1n) is 9.46. The molecule has 2 heterocycles. The molecule has 0 fully saturated rings. The molecule has 0 saturated heterocycles. The summed E-state index contributed by atoms with van der Waals surface area (Å²) in [4.78, 5) is 17.7. The van der Waals surface area contributed by atoms with Gasteiger partial charge in [-0.15, -0.1) is 0 Å². The van der Waals surface area contributed by atoms with E-state index in [1.165, 1.54) is 6.33 Å². The fraction of sp³-hybridized carbons (Fsp3) is 0.286. The number of halogens is 1. The van der Waals surface area contributed by atoms with E-state index in [4.69, 9.17) is 21.1 Å². The molecule has 0 aliphatic carbocycles. The molecule has 1 amide bonds. The van der Waals surface area contributed by atoms with Gasteiger partial charge in [0.15, 0.2) is 0 Å². The monoisotopic (exact) mass is 427 g/mol. The average Bonchev–Trinajstić information content (AvgIpc) is 3.21. The number of benzene rings is 2. The van der Waals surface area contributed by atoms with Crippen LogP contribution in [0.1, 0.15) is 18.5 Å². The fourth-order valence-electron chi connectivity index (χ4n) is 3.80. The summed E-state index contributed by atoms with van der Waals surface area (Å²) in [5, 5.41) is 11.2. The zero-order valence-electron chi connectivity index (χ0n) is 16.8. The maximum Gasteiger partial charge on any atom is 0.232 e. The molecule has 156 valence electrons. The van der Waals surface area contributed by atoms with E-state index in [2.05, 4.69) is 20.7 Å². The van der Waals surface area contributed by atoms with Crippen molar-refractivity contribution in [3.8, 4) is 11.5 Å². The molecule has 1 aromatic heterocycles. The van der Waals surface area contributed by atoms with Crippen LogP contribution in [0.25, 0.3) is 0 Å². The Hall–Kier alpha value is -3.26. The summed E-state index contributed by atoms with van der Waals surface area (Å²) >= 11 is 5.96. The van der Waals surface area contributed by atoms with Crippen LogP contribution in [0.2, 0.25) is 5.02 Å². The molecule has 0 spiro atoms. The minimum absolute atomic E-state index is 0.159. The van der Waals surface area contributed by atoms with Gasteiger partial charge in [-0.05, 0) is 49.4 Å². The van der Waals surface area contributed by atoms with E-state index >= 15 is 0 Å². The number of aromatic nitrogens is 3. The van der Waals surface area contributed by atoms with Gasteiger partial charge in [0.1, 0.15) is 17.8 Å². The number of nitrogens with one attached hydrogen (secondary N) is 2. The summed E-state index contributed by atoms with van der Waals surface area (Å²) in [5.41, 5.74) is 1.45. The normalized spacial score (nSPS) is 20.1. The van der Waals surface area contributed by atoms with Gasteiger partial charge in [0.25, 0.3) is 0 Å². The maximum absolute atomic E-state index is 13.4. The quantitative estimate of drug-likeness (QED) is 0.646. The molecule has 3 aromatic rings. The van der Waals surface area contributed by atoms with Gasteiger partial charge in [0.05, 0.1) is 26.2 Å². The molecular formula is C21H22ClN5O3. The van der Waals surface area contributed by atoms with E-state index in [0.29, 0.717) is 28.2 Å². The highest BCUT2D eigenvalue weighted by molar-refractivity contribution is 6.30. The van der Waals surface area contributed by atoms with Crippen LogP contribution < -0.4 is 20.1 Å². The lowest BCUT2D eigenvalue weighted by molar-refractivity contribution is -0.121. The van der Waals surface area contributed by atoms with E-state index in [9.17, 15) is 4.79 Å². The van der Waals surface area contributed by atoms with Gasteiger partial charge < -0.3 is 20.1 Å². The molecule has 0 unspecified atom stereocenters. The largest absolute Gasteiger partial charge is 0.497 e. The van der Waals surface area contributed by atoms with Crippen LogP contribution in [0.15, 0.2) is 48.8 Å². The van der Waals surface area contributed by atoms with Crippen LogP contribution >= 0.6 is 11.6 Å². The number of carbonyl (C=O) groups excluding carboxylic acids is 1. The van der Waals surface area contributed by atoms with Crippen molar-refractivity contribution in [1.82, 2.24) is 14.8 Å². The fourth-order valence-corrected chi connectivity index (χ4v) is 3.93. The molecule has 1 aliphatic heterocycles. The number of hydrogen-bond acceptors (Lipinski definition) is 6. The highest BCUT2D eigenvalue weighted by Crippen LogP contribution is 2.41. The van der Waals surface area contributed by atoms with Crippen molar-refractivity contribution in [1.29, 1.82) is 0 Å². The number of nitrogens with zero attached hydrogens (tertiary/aromatic N) is 3. The first kappa shape index (κ1) is 20.0. The van der Waals surface area contributed by atoms with Crippen molar-refractivity contribution in [2.45, 2.75) is 19.0 Å². The molecule has 0 saturated carbocycles. The number of rotatable bonds is 5. The number of methoxy groups -OCH3 is 2. The van der Waals surface area contributed by atoms with Gasteiger partial charge >= 0.3 is 0 Å². The second-order valence-electron chi connectivity index (χ2n) is 7.04. The lowest BCUT2D eigenvalue weighted by Crippen LogP contribution is -2.46. The summed E-state index contributed by atoms with van der Waals surface area (Å²) < 4.78 is 12.7. The molecule has 9 heteroatoms. The summed E-state index contributed by atoms with van der Waals surface area (Å²) in [6, 6.07) is 11.9. The standard InChI is InChI=1S/C21H22ClN5O3/c1-12-18(20(28)26-14-6-4-13(22)5-7-14)19(27-21(25-12)23-11-24-27)16-10-15(29-2)8-9-17(16)30-3/h4-12,18-19H,1-3H3,(H,26,28)(H,23,24,25)/t12-,18-,19+/m0/s1. The minimum Gasteiger partial charge on any atom is -0.497 e. The zero-order chi connectivity index (χ0) is 21.3. The van der Waals surface area contributed by atoms with Crippen molar-refractivity contribution in [3.05, 3.63) is 59.4 Å². The van der Waals surface area contributed by atoms with Crippen molar-refractivity contribution < 1.29 is 14.3 Å². The van der Waals surface area contributed by atoms with Gasteiger partial charge in [-0.1, -0.05) is 11.6 Å². The first-order valence-corrected chi connectivity index (χ1v) is 9.84. The summed E-state index contributed by atoms with van der Waals surface area (Å²) in [6.07, 6.45) is 1.47. The lowest BCUT2D eigenvalue weighted by atomic mass is 9.85. The number of hydrogen-bond donors (Lipinski definition) is 2. The number of fused-ring (bicyclic) bond motifs is 1. The van der Waals surface area contributed by atoms with E-state index < -0.39 is 12.0 Å². The molecule has 4 rings (SSSR count). The van der Waals surface area contributed by atoms with Crippen molar-refractivity contribution >= 4 is 29.1 Å². The van der Waals surface area contributed by atoms with Crippen molar-refractivity contribution in [2.24, 2.45) is 5.92 Å². The average molecular weight is 428 g/mol. The molecule has 2 N–H and O–H groups in total. The van der Waals surface area contributed by atoms with Gasteiger partial charge in [0, 0.05) is 22.3 Å². The van der Waals surface area contributed by atoms with Crippen LogP contribution in [0.3, 0.4) is 0 Å². The molecular weight excluding hydrogens is 406 g/mol. The minimum atomic E-state index is -0.504. The second kappa shape index (κ2) is 8.23. The second-order valence-corrected chi connectivity index (χ2v) is 7.47. The Morgan fingerprint density at radius 2 is 1.93 bits per heavy atom. The van der Waals surface area contributed by atoms with E-state index in [1.54, 1.807) is 43.2 Å². The van der Waals surface area contributed by atoms with E-state index in [1.807, 2.05) is 25.1 Å². The third-order valence-electron chi connectivity index (χ3n) is 5.24. The number of anilines is 2. The molecule has 2 aromatic carbocycles. The SMILES string of the molecule is COc1ccc(OC)c([C@@H]2[C@@H](C(=O)Nc3ccc(Cl)cc3)[C@H](C)Nc3ncnn32)c1. The lowest BCUT2D eigenvalue weighted by Gasteiger charge is -2.37. The molecule has 0 bridgehead atoms. The highest BCUT2D eigenvalue weighted by atomic mass is 35.5. The Labute approximate surface area is 179 Å². The van der Waals surface area contributed by atoms with Crippen LogP contribution in [-0.4, -0.2) is 40.9 Å². The predicted molar refractivity (Wildman–Crippen MR) is 114 cm³/mol. The number of ether oxygens (including phenoxy) is 2. The Bertz CT molecular complexity index is 1050. The molecule has 30 heavy (non-hydrogen) atoms. The van der Waals surface area contributed by atoms with Crippen LogP contribution in [-0.2, 0) is 4.79 Å². The Balaban J connectivity index is 1.78. The Kier molecular flexibility index (Phi) is 5.50. The maximum atomic E-state index is 13.4. The molecule has 3 atom stereocenters. The topological polar surface area (TPSA) is 90.3 Å². The predicted octanol–water partition coefficient (Wildman–Crippen LogP) is 3.61. The van der Waals surface area contributed by atoms with Crippen LogP contribution in [0.4, 0.5) is 11.6 Å². The van der Waals surface area contributed by atoms with Gasteiger partial charge in [0.2, 0.25) is 11.9 Å². The van der Waals surface area contributed by atoms with E-state index in [0.717, 1.165) is 5.56 Å². The molecule has 1 aliphatic rings. The third kappa shape index (κ3) is 3.66. The van der Waals surface area contributed by atoms with Gasteiger partial charge in [-0.2, -0.15) is 10.1 Å². The summed E-state index contributed by atoms with van der Waals surface area (Å²) in [7, 11) is 3.20. The van der Waals surface area contributed by atoms with E-state index in [-0.39, 0.29) is 11.9 Å². The number of amides is 1. The number of carbonyl (C=O) groups is 1. The highest BCUT2D eigenvalue weighted by Gasteiger charge is 2.42. The van der Waals surface area contributed by atoms with Crippen molar-refractivity contribution in [2.75, 3.05) is 24.9 Å².